The van der Waals surface area contributed by atoms with Crippen LogP contribution in [0.3, 0.4) is 0 Å². The summed E-state index contributed by atoms with van der Waals surface area (Å²) in [5, 5.41) is 1.84. The molecule has 2 saturated heterocycles. The number of piperidine rings is 1. The number of amides is 2. The topological polar surface area (TPSA) is 166 Å². The number of nitrogens with zero attached hydrogens (tertiary/aromatic N) is 6. The fourth-order valence-corrected chi connectivity index (χ4v) is 3.76. The molecular weight excluding hydrogens is 382 g/mol. The average molecular weight is 399 g/mol. The van der Waals surface area contributed by atoms with Gasteiger partial charge < -0.3 is 16.4 Å². The van der Waals surface area contributed by atoms with Gasteiger partial charge >= 0.3 is 0 Å². The molecular formula is C16H17N9O2S. The SMILES string of the molecule is Nc1nc(N)nc(C2CCN(c3nccc(C=C4SC(=O)NC4=O)n3)CC2)n1. The summed E-state index contributed by atoms with van der Waals surface area (Å²) in [6, 6.07) is 1.69. The van der Waals surface area contributed by atoms with Crippen LogP contribution in [0.4, 0.5) is 22.6 Å². The van der Waals surface area contributed by atoms with Gasteiger partial charge in [0.15, 0.2) is 0 Å². The first kappa shape index (κ1) is 18.1. The Labute approximate surface area is 164 Å². The standard InChI is InChI=1S/C16H17N9O2S/c17-13-21-11(22-14(18)24-13)8-2-5-25(6-3-8)15-19-4-1-9(20-15)7-10-12(26)23-16(27)28-10/h1,4,7-8H,2-3,5-6H2,(H,23,26,27)(H4,17,18,21,22,24). The van der Waals surface area contributed by atoms with Crippen LogP contribution in [0.1, 0.15) is 30.3 Å². The van der Waals surface area contributed by atoms with E-state index in [-0.39, 0.29) is 23.1 Å². The Balaban J connectivity index is 1.46. The third-order valence-electron chi connectivity index (χ3n) is 4.42. The van der Waals surface area contributed by atoms with Crippen molar-refractivity contribution >= 4 is 46.8 Å². The Bertz CT molecular complexity index is 952. The zero-order valence-corrected chi connectivity index (χ0v) is 15.5. The molecule has 0 radical (unpaired) electrons. The highest BCUT2D eigenvalue weighted by atomic mass is 32.2. The second kappa shape index (κ2) is 7.38. The normalized spacial score (nSPS) is 19.3. The van der Waals surface area contributed by atoms with Crippen molar-refractivity contribution in [3.05, 3.63) is 28.7 Å². The van der Waals surface area contributed by atoms with E-state index in [0.29, 0.717) is 35.5 Å². The highest BCUT2D eigenvalue weighted by Gasteiger charge is 2.26. The maximum absolute atomic E-state index is 11.7. The van der Waals surface area contributed by atoms with Crippen LogP contribution in [-0.2, 0) is 4.79 Å². The Morgan fingerprint density at radius 1 is 1.11 bits per heavy atom. The number of anilines is 3. The van der Waals surface area contributed by atoms with Crippen molar-refractivity contribution in [1.82, 2.24) is 30.2 Å². The monoisotopic (exact) mass is 399 g/mol. The predicted molar refractivity (Wildman–Crippen MR) is 104 cm³/mol. The largest absolute Gasteiger partial charge is 0.368 e. The number of nitrogens with one attached hydrogen (secondary N) is 1. The van der Waals surface area contributed by atoms with Gasteiger partial charge in [-0.3, -0.25) is 14.9 Å². The lowest BCUT2D eigenvalue weighted by Gasteiger charge is -2.31. The Morgan fingerprint density at radius 2 is 1.82 bits per heavy atom. The number of rotatable bonds is 3. The molecule has 144 valence electrons. The van der Waals surface area contributed by atoms with Crippen molar-refractivity contribution in [2.75, 3.05) is 29.5 Å². The average Bonchev–Trinajstić information content (AvgIpc) is 2.98. The molecule has 0 aliphatic carbocycles. The van der Waals surface area contributed by atoms with Gasteiger partial charge in [-0.05, 0) is 36.7 Å². The fraction of sp³-hybridized carbons (Fsp3) is 0.312. The van der Waals surface area contributed by atoms with Crippen molar-refractivity contribution in [1.29, 1.82) is 0 Å². The third kappa shape index (κ3) is 3.86. The van der Waals surface area contributed by atoms with Crippen molar-refractivity contribution in [2.24, 2.45) is 0 Å². The summed E-state index contributed by atoms with van der Waals surface area (Å²) in [7, 11) is 0. The van der Waals surface area contributed by atoms with E-state index in [1.165, 1.54) is 0 Å². The van der Waals surface area contributed by atoms with Crippen LogP contribution in [0.2, 0.25) is 0 Å². The Hall–Kier alpha value is -3.28. The molecule has 4 heterocycles. The quantitative estimate of drug-likeness (QED) is 0.616. The van der Waals surface area contributed by atoms with Crippen molar-refractivity contribution in [3.63, 3.8) is 0 Å². The number of carbonyl (C=O) groups excluding carboxylic acids is 2. The lowest BCUT2D eigenvalue weighted by molar-refractivity contribution is -0.115. The lowest BCUT2D eigenvalue weighted by atomic mass is 9.96. The summed E-state index contributed by atoms with van der Waals surface area (Å²) in [6.45, 7) is 1.42. The predicted octanol–water partition coefficient (Wildman–Crippen LogP) is 0.534. The van der Waals surface area contributed by atoms with Gasteiger partial charge in [-0.15, -0.1) is 0 Å². The molecule has 2 aromatic rings. The number of imide groups is 1. The molecule has 12 heteroatoms. The lowest BCUT2D eigenvalue weighted by Crippen LogP contribution is -2.34. The third-order valence-corrected chi connectivity index (χ3v) is 5.23. The van der Waals surface area contributed by atoms with Crippen molar-refractivity contribution in [3.8, 4) is 0 Å². The maximum Gasteiger partial charge on any atom is 0.290 e. The summed E-state index contributed by atoms with van der Waals surface area (Å²) >= 11 is 0.858. The van der Waals surface area contributed by atoms with E-state index in [1.54, 1.807) is 18.3 Å². The van der Waals surface area contributed by atoms with E-state index >= 15 is 0 Å². The molecule has 0 saturated carbocycles. The Kier molecular flexibility index (Phi) is 4.77. The summed E-state index contributed by atoms with van der Waals surface area (Å²) in [6.07, 6.45) is 4.81. The molecule has 4 rings (SSSR count). The van der Waals surface area contributed by atoms with E-state index in [1.807, 2.05) is 0 Å². The molecule has 0 atom stereocenters. The molecule has 5 N–H and O–H groups in total. The highest BCUT2D eigenvalue weighted by Crippen LogP contribution is 2.29. The van der Waals surface area contributed by atoms with E-state index in [4.69, 9.17) is 11.5 Å². The van der Waals surface area contributed by atoms with E-state index in [2.05, 4.69) is 35.1 Å². The van der Waals surface area contributed by atoms with Crippen LogP contribution in [0.5, 0.6) is 0 Å². The molecule has 0 spiro atoms. The van der Waals surface area contributed by atoms with Crippen LogP contribution in [-0.4, -0.2) is 49.2 Å². The molecule has 2 aliphatic heterocycles. The first-order chi connectivity index (χ1) is 13.5. The zero-order chi connectivity index (χ0) is 19.7. The zero-order valence-electron chi connectivity index (χ0n) is 14.7. The number of hydrogen-bond donors (Lipinski definition) is 3. The number of thioether (sulfide) groups is 1. The molecule has 2 aromatic heterocycles. The first-order valence-electron chi connectivity index (χ1n) is 8.58. The fourth-order valence-electron chi connectivity index (χ4n) is 3.10. The number of carbonyl (C=O) groups is 2. The van der Waals surface area contributed by atoms with Gasteiger partial charge in [0.2, 0.25) is 17.8 Å². The number of aromatic nitrogens is 5. The van der Waals surface area contributed by atoms with Crippen LogP contribution < -0.4 is 21.7 Å². The van der Waals surface area contributed by atoms with Crippen molar-refractivity contribution in [2.45, 2.75) is 18.8 Å². The molecule has 2 aliphatic rings. The number of nitrogens with two attached hydrogens (primary N) is 2. The first-order valence-corrected chi connectivity index (χ1v) is 9.39. The molecule has 28 heavy (non-hydrogen) atoms. The molecule has 11 nitrogen and oxygen atoms in total. The van der Waals surface area contributed by atoms with Crippen LogP contribution in [0.15, 0.2) is 17.2 Å². The van der Waals surface area contributed by atoms with Crippen molar-refractivity contribution < 1.29 is 9.59 Å². The van der Waals surface area contributed by atoms with Crippen LogP contribution in [0, 0.1) is 0 Å². The minimum atomic E-state index is -0.410. The minimum Gasteiger partial charge on any atom is -0.368 e. The van der Waals surface area contributed by atoms with Gasteiger partial charge in [0, 0.05) is 25.2 Å². The molecule has 2 amide bonds. The molecule has 2 fully saturated rings. The van der Waals surface area contributed by atoms with Gasteiger partial charge in [-0.25, -0.2) is 9.97 Å². The van der Waals surface area contributed by atoms with E-state index in [9.17, 15) is 9.59 Å². The van der Waals surface area contributed by atoms with Gasteiger partial charge in [0.05, 0.1) is 10.6 Å². The summed E-state index contributed by atoms with van der Waals surface area (Å²) < 4.78 is 0. The Morgan fingerprint density at radius 3 is 2.46 bits per heavy atom. The molecule has 0 bridgehead atoms. The highest BCUT2D eigenvalue weighted by molar-refractivity contribution is 8.18. The van der Waals surface area contributed by atoms with Crippen LogP contribution >= 0.6 is 11.8 Å². The number of hydrogen-bond acceptors (Lipinski definition) is 11. The smallest absolute Gasteiger partial charge is 0.290 e. The number of nitrogen functional groups attached to an aromatic ring is 2. The van der Waals surface area contributed by atoms with Gasteiger partial charge in [0.25, 0.3) is 11.1 Å². The van der Waals surface area contributed by atoms with E-state index < -0.39 is 5.91 Å². The summed E-state index contributed by atoms with van der Waals surface area (Å²) in [5.74, 6) is 1.16. The summed E-state index contributed by atoms with van der Waals surface area (Å²) in [4.78, 5) is 46.3. The molecule has 0 aromatic carbocycles. The second-order valence-electron chi connectivity index (χ2n) is 6.31. The van der Waals surface area contributed by atoms with Crippen LogP contribution in [0.25, 0.3) is 6.08 Å². The van der Waals surface area contributed by atoms with Gasteiger partial charge in [-0.2, -0.15) is 15.0 Å². The van der Waals surface area contributed by atoms with E-state index in [0.717, 1.165) is 24.6 Å². The van der Waals surface area contributed by atoms with Gasteiger partial charge in [-0.1, -0.05) is 0 Å². The summed E-state index contributed by atoms with van der Waals surface area (Å²) in [5.41, 5.74) is 11.9. The molecule has 0 unspecified atom stereocenters. The minimum absolute atomic E-state index is 0.126. The second-order valence-corrected chi connectivity index (χ2v) is 7.32. The maximum atomic E-state index is 11.7. The van der Waals surface area contributed by atoms with Gasteiger partial charge in [0.1, 0.15) is 5.82 Å².